The van der Waals surface area contributed by atoms with E-state index in [4.69, 9.17) is 0 Å². The molecule has 0 aromatic rings. The van der Waals surface area contributed by atoms with Crippen LogP contribution >= 0.6 is 23.5 Å². The Bertz CT molecular complexity index is 838. The minimum absolute atomic E-state index is 0.771. The smallest absolute Gasteiger partial charge is 0.0548 e. The predicted octanol–water partition coefficient (Wildman–Crippen LogP) is 8.05. The molecule has 2 nitrogen and oxygen atoms in total. The third-order valence-corrected chi connectivity index (χ3v) is 17.1. The van der Waals surface area contributed by atoms with Crippen molar-refractivity contribution in [1.82, 2.24) is 9.80 Å². The molecule has 0 saturated heterocycles. The van der Waals surface area contributed by atoms with Crippen molar-refractivity contribution in [2.24, 2.45) is 29.6 Å². The van der Waals surface area contributed by atoms with E-state index in [-0.39, 0.29) is 0 Å². The summed E-state index contributed by atoms with van der Waals surface area (Å²) >= 11 is 4.21. The van der Waals surface area contributed by atoms with E-state index < -0.39 is 8.07 Å². The van der Waals surface area contributed by atoms with Crippen LogP contribution in [0.5, 0.6) is 0 Å². The lowest BCUT2D eigenvalue weighted by Gasteiger charge is -2.42. The van der Waals surface area contributed by atoms with Crippen molar-refractivity contribution in [3.63, 3.8) is 0 Å². The van der Waals surface area contributed by atoms with E-state index in [9.17, 15) is 0 Å². The lowest BCUT2D eigenvalue weighted by molar-refractivity contribution is 0.264. The van der Waals surface area contributed by atoms with E-state index in [0.717, 1.165) is 40.7 Å². The van der Waals surface area contributed by atoms with Gasteiger partial charge in [0, 0.05) is 44.4 Å². The van der Waals surface area contributed by atoms with Crippen LogP contribution in [0.25, 0.3) is 0 Å². The van der Waals surface area contributed by atoms with Crippen molar-refractivity contribution in [1.29, 1.82) is 0 Å². The molecule has 0 spiro atoms. The third-order valence-electron chi connectivity index (χ3n) is 10.2. The maximum Gasteiger partial charge on any atom is 0.0548 e. The molecular weight excluding hydrogens is 505 g/mol. The minimum Gasteiger partial charge on any atom is -0.378 e. The lowest BCUT2D eigenvalue weighted by Crippen LogP contribution is -2.42. The summed E-state index contributed by atoms with van der Waals surface area (Å²) in [5, 5.41) is 0. The second-order valence-corrected chi connectivity index (χ2v) is 20.6. The first-order chi connectivity index (χ1) is 17.9. The molecule has 0 aliphatic heterocycles. The van der Waals surface area contributed by atoms with Gasteiger partial charge in [-0.05, 0) is 84.1 Å². The third kappa shape index (κ3) is 7.05. The number of fused-ring (bicyclic) bond motifs is 2. The maximum atomic E-state index is 2.79. The van der Waals surface area contributed by atoms with Gasteiger partial charge in [-0.2, -0.15) is 23.5 Å². The van der Waals surface area contributed by atoms with Crippen LogP contribution in [0.4, 0.5) is 0 Å². The molecule has 4 aliphatic rings. The second-order valence-electron chi connectivity index (χ2n) is 12.6. The monoisotopic (exact) mass is 558 g/mol. The number of rotatable bonds is 14. The zero-order valence-corrected chi connectivity index (χ0v) is 27.2. The highest BCUT2D eigenvalue weighted by Gasteiger charge is 2.54. The van der Waals surface area contributed by atoms with Crippen molar-refractivity contribution in [3.8, 4) is 0 Å². The summed E-state index contributed by atoms with van der Waals surface area (Å²) in [5.74, 6) is 9.03. The first kappa shape index (κ1) is 29.6. The predicted molar refractivity (Wildman–Crippen MR) is 173 cm³/mol. The molecule has 37 heavy (non-hydrogen) atoms. The summed E-state index contributed by atoms with van der Waals surface area (Å²) in [7, 11) is 2.95. The Morgan fingerprint density at radius 3 is 2.16 bits per heavy atom. The highest BCUT2D eigenvalue weighted by Crippen LogP contribution is 2.60. The molecule has 0 heterocycles. The Morgan fingerprint density at radius 1 is 0.838 bits per heavy atom. The Hall–Kier alpha value is -0.363. The van der Waals surface area contributed by atoms with Gasteiger partial charge in [-0.15, -0.1) is 0 Å². The van der Waals surface area contributed by atoms with Gasteiger partial charge in [0.05, 0.1) is 8.07 Å². The van der Waals surface area contributed by atoms with Crippen molar-refractivity contribution >= 4 is 31.6 Å². The molecule has 0 radical (unpaired) electrons. The molecule has 0 aromatic heterocycles. The number of hydrogen-bond donors (Lipinski definition) is 0. The molecule has 0 amide bonds. The van der Waals surface area contributed by atoms with Crippen molar-refractivity contribution in [2.45, 2.75) is 63.7 Å². The van der Waals surface area contributed by atoms with E-state index in [2.05, 4.69) is 117 Å². The summed E-state index contributed by atoms with van der Waals surface area (Å²) in [4.78, 5) is 5.11. The first-order valence-corrected chi connectivity index (χ1v) is 20.6. The van der Waals surface area contributed by atoms with Gasteiger partial charge in [-0.1, -0.05) is 69.8 Å². The van der Waals surface area contributed by atoms with Crippen LogP contribution in [0.15, 0.2) is 48.2 Å². The van der Waals surface area contributed by atoms with Gasteiger partial charge in [-0.3, -0.25) is 0 Å². The average molecular weight is 559 g/mol. The fourth-order valence-electron chi connectivity index (χ4n) is 8.06. The fraction of sp³-hybridized carbons (Fsp3) is 0.750. The molecule has 0 aromatic carbocycles. The molecule has 4 rings (SSSR count). The van der Waals surface area contributed by atoms with Crippen LogP contribution in [0.1, 0.15) is 39.5 Å². The van der Waals surface area contributed by atoms with E-state index >= 15 is 0 Å². The van der Waals surface area contributed by atoms with Crippen LogP contribution in [0.2, 0.25) is 24.2 Å². The molecule has 5 heteroatoms. The Morgan fingerprint density at radius 2 is 1.51 bits per heavy atom. The highest BCUT2D eigenvalue weighted by molar-refractivity contribution is 7.99. The standard InChI is InChI=1S/C32H54N2S2Si/c1-7-35-21-19-34(20-22-36-8-2)18-17-26-23-32(29-12-10-9-11-28(26)29)37(5,6)31-16-14-25-13-15-27(33(3)4)24-30(25)31/h9-13,15,24-26,28-32H,7-8,14,16-23H2,1-6H3. The summed E-state index contributed by atoms with van der Waals surface area (Å²) in [5.41, 5.74) is 3.28. The second kappa shape index (κ2) is 13.8. The van der Waals surface area contributed by atoms with Crippen LogP contribution < -0.4 is 0 Å². The number of nitrogens with zero attached hydrogens (tertiary/aromatic N) is 2. The zero-order chi connectivity index (χ0) is 26.4. The molecule has 0 N–H and O–H groups in total. The van der Waals surface area contributed by atoms with E-state index in [1.54, 1.807) is 0 Å². The molecule has 4 aliphatic carbocycles. The van der Waals surface area contributed by atoms with Crippen molar-refractivity contribution < 1.29 is 0 Å². The number of hydrogen-bond acceptors (Lipinski definition) is 4. The topological polar surface area (TPSA) is 6.48 Å². The van der Waals surface area contributed by atoms with Crippen LogP contribution in [0.3, 0.4) is 0 Å². The number of thioether (sulfide) groups is 2. The average Bonchev–Trinajstić information content (AvgIpc) is 3.49. The Labute approximate surface area is 238 Å². The maximum absolute atomic E-state index is 2.79. The van der Waals surface area contributed by atoms with Gasteiger partial charge in [0.2, 0.25) is 0 Å². The molecule has 2 saturated carbocycles. The summed E-state index contributed by atoms with van der Waals surface area (Å²) in [6, 6.07) is 0. The summed E-state index contributed by atoms with van der Waals surface area (Å²) < 4.78 is 0. The zero-order valence-electron chi connectivity index (χ0n) is 24.6. The van der Waals surface area contributed by atoms with Crippen LogP contribution in [0, 0.1) is 29.6 Å². The molecule has 208 valence electrons. The summed E-state index contributed by atoms with van der Waals surface area (Å²) in [6.07, 6.45) is 23.3. The van der Waals surface area contributed by atoms with Gasteiger partial charge in [0.15, 0.2) is 0 Å². The van der Waals surface area contributed by atoms with Gasteiger partial charge >= 0.3 is 0 Å². The van der Waals surface area contributed by atoms with E-state index in [0.29, 0.717) is 0 Å². The molecule has 7 atom stereocenters. The van der Waals surface area contributed by atoms with Gasteiger partial charge in [0.1, 0.15) is 0 Å². The van der Waals surface area contributed by atoms with Gasteiger partial charge < -0.3 is 9.80 Å². The van der Waals surface area contributed by atoms with E-state index in [1.807, 2.05) is 0 Å². The SMILES string of the molecule is CCSCCN(CCSCC)CCC1CC([Si](C)(C)C2CCC3C=CC(N(C)C)=CC32)C2C=CC=CC12. The fourth-order valence-corrected chi connectivity index (χ4v) is 14.4. The largest absolute Gasteiger partial charge is 0.378 e. The Balaban J connectivity index is 1.45. The normalized spacial score (nSPS) is 32.6. The molecule has 7 unspecified atom stereocenters. The quantitative estimate of drug-likeness (QED) is 0.157. The lowest BCUT2D eigenvalue weighted by atomic mass is 9.84. The van der Waals surface area contributed by atoms with Gasteiger partial charge in [-0.25, -0.2) is 0 Å². The highest BCUT2D eigenvalue weighted by atomic mass is 32.2. The minimum atomic E-state index is -1.47. The molecule has 2 fully saturated rings. The van der Waals surface area contributed by atoms with Crippen molar-refractivity contribution in [3.05, 3.63) is 48.2 Å². The van der Waals surface area contributed by atoms with Crippen LogP contribution in [-0.2, 0) is 0 Å². The number of likely N-dealkylation sites (N-methyl/N-ethyl adjacent to an activating group) is 1. The molecule has 0 bridgehead atoms. The first-order valence-electron chi connectivity index (χ1n) is 15.2. The van der Waals surface area contributed by atoms with E-state index in [1.165, 1.54) is 74.0 Å². The summed E-state index contributed by atoms with van der Waals surface area (Å²) in [6.45, 7) is 14.0. The van der Waals surface area contributed by atoms with Crippen LogP contribution in [-0.4, -0.2) is 74.6 Å². The van der Waals surface area contributed by atoms with Gasteiger partial charge in [0.25, 0.3) is 0 Å². The molecular formula is C32H54N2S2Si. The number of allylic oxidation sites excluding steroid dienone is 7. The Kier molecular flexibility index (Phi) is 11.1. The van der Waals surface area contributed by atoms with Crippen molar-refractivity contribution in [2.75, 3.05) is 56.7 Å².